The first-order chi connectivity index (χ1) is 16.1. The summed E-state index contributed by atoms with van der Waals surface area (Å²) in [4.78, 5) is 34.7. The Kier molecular flexibility index (Phi) is 5.35. The first-order valence-corrected chi connectivity index (χ1v) is 10.5. The molecule has 2 N–H and O–H groups in total. The Morgan fingerprint density at radius 3 is 2.76 bits per heavy atom. The average molecular weight is 438 g/mol. The zero-order valence-corrected chi connectivity index (χ0v) is 18.3. The fraction of sp³-hybridized carbons (Fsp3) is 0.167. The molecule has 1 amide bonds. The van der Waals surface area contributed by atoms with Crippen LogP contribution in [0.5, 0.6) is 0 Å². The fourth-order valence-corrected chi connectivity index (χ4v) is 3.80. The molecule has 1 aliphatic heterocycles. The van der Waals surface area contributed by atoms with Crippen molar-refractivity contribution in [2.45, 2.75) is 20.4 Å². The van der Waals surface area contributed by atoms with Gasteiger partial charge in [0.1, 0.15) is 24.3 Å². The summed E-state index contributed by atoms with van der Waals surface area (Å²) in [6, 6.07) is 9.57. The quantitative estimate of drug-likeness (QED) is 0.495. The van der Waals surface area contributed by atoms with Crippen LogP contribution < -0.4 is 10.6 Å². The molecular formula is C24H22N8O. The summed E-state index contributed by atoms with van der Waals surface area (Å²) in [5.41, 5.74) is 6.01. The molecule has 5 heterocycles. The minimum Gasteiger partial charge on any atom is -0.384 e. The molecule has 0 saturated heterocycles. The largest absolute Gasteiger partial charge is 0.384 e. The van der Waals surface area contributed by atoms with Gasteiger partial charge in [-0.3, -0.25) is 14.8 Å². The highest BCUT2D eigenvalue weighted by Gasteiger charge is 2.16. The lowest BCUT2D eigenvalue weighted by molar-refractivity contribution is -0.116. The lowest BCUT2D eigenvalue weighted by atomic mass is 10.1. The third-order valence-corrected chi connectivity index (χ3v) is 5.37. The molecule has 0 fully saturated rings. The topological polar surface area (TPSA) is 110 Å². The van der Waals surface area contributed by atoms with Crippen molar-refractivity contribution in [3.8, 4) is 11.3 Å². The van der Waals surface area contributed by atoms with Crippen LogP contribution in [0.15, 0.2) is 60.2 Å². The van der Waals surface area contributed by atoms with Crippen LogP contribution in [0.4, 0.5) is 5.82 Å². The van der Waals surface area contributed by atoms with Crippen LogP contribution in [-0.4, -0.2) is 43.2 Å². The average Bonchev–Trinajstić information content (AvgIpc) is 3.15. The summed E-state index contributed by atoms with van der Waals surface area (Å²) in [6.45, 7) is 4.73. The van der Waals surface area contributed by atoms with E-state index in [-0.39, 0.29) is 12.5 Å². The summed E-state index contributed by atoms with van der Waals surface area (Å²) < 4.78 is 1.88. The number of nitrogens with one attached hydrogen (secondary N) is 2. The first-order valence-electron chi connectivity index (χ1n) is 10.5. The van der Waals surface area contributed by atoms with Crippen LogP contribution in [0.3, 0.4) is 0 Å². The lowest BCUT2D eigenvalue weighted by Crippen LogP contribution is -2.20. The first kappa shape index (κ1) is 20.5. The number of aryl methyl sites for hydroxylation is 2. The molecule has 164 valence electrons. The SMILES string of the molecule is Cc1cc(-c2ncnc3c2cc(C)n3CC(=O)Nc2ccc(C3=CNCC=N3)cn2)ccn1. The van der Waals surface area contributed by atoms with Crippen molar-refractivity contribution in [2.24, 2.45) is 4.99 Å². The molecule has 9 nitrogen and oxygen atoms in total. The van der Waals surface area contributed by atoms with E-state index in [1.165, 1.54) is 6.33 Å². The second-order valence-corrected chi connectivity index (χ2v) is 7.75. The zero-order valence-electron chi connectivity index (χ0n) is 18.3. The maximum Gasteiger partial charge on any atom is 0.245 e. The molecule has 0 bridgehead atoms. The summed E-state index contributed by atoms with van der Waals surface area (Å²) in [5, 5.41) is 6.87. The maximum absolute atomic E-state index is 12.8. The van der Waals surface area contributed by atoms with Crippen molar-refractivity contribution in [2.75, 3.05) is 11.9 Å². The third kappa shape index (κ3) is 4.20. The van der Waals surface area contributed by atoms with Gasteiger partial charge in [-0.25, -0.2) is 15.0 Å². The number of anilines is 1. The highest BCUT2D eigenvalue weighted by atomic mass is 16.2. The maximum atomic E-state index is 12.8. The molecule has 0 radical (unpaired) electrons. The number of aliphatic imine (C=N–C) groups is 1. The zero-order chi connectivity index (χ0) is 22.8. The molecule has 0 unspecified atom stereocenters. The number of hydrogen-bond donors (Lipinski definition) is 2. The van der Waals surface area contributed by atoms with Gasteiger partial charge in [0, 0.05) is 59.3 Å². The van der Waals surface area contributed by atoms with Crippen molar-refractivity contribution in [3.63, 3.8) is 0 Å². The molecule has 5 rings (SSSR count). The second kappa shape index (κ2) is 8.62. The monoisotopic (exact) mass is 438 g/mol. The number of fused-ring (bicyclic) bond motifs is 1. The Bertz CT molecular complexity index is 1400. The molecule has 0 atom stereocenters. The van der Waals surface area contributed by atoms with E-state index in [1.807, 2.05) is 48.9 Å². The number of nitrogens with zero attached hydrogens (tertiary/aromatic N) is 6. The van der Waals surface area contributed by atoms with Crippen molar-refractivity contribution in [3.05, 3.63) is 72.2 Å². The van der Waals surface area contributed by atoms with Crippen LogP contribution in [0.2, 0.25) is 0 Å². The van der Waals surface area contributed by atoms with Gasteiger partial charge in [0.2, 0.25) is 5.91 Å². The standard InChI is InChI=1S/C24H22N8O/c1-15-9-17(5-6-26-15)23-19-10-16(2)32(24(19)30-14-29-23)13-22(33)31-21-4-3-18(11-28-21)20-12-25-7-8-27-20/h3-6,8-12,14,25H,7,13H2,1-2H3,(H,28,31,33). The number of amides is 1. The minimum atomic E-state index is -0.188. The van der Waals surface area contributed by atoms with E-state index >= 15 is 0 Å². The van der Waals surface area contributed by atoms with Gasteiger partial charge >= 0.3 is 0 Å². The Morgan fingerprint density at radius 1 is 1.09 bits per heavy atom. The normalized spacial score (nSPS) is 13.0. The van der Waals surface area contributed by atoms with Gasteiger partial charge in [-0.05, 0) is 44.2 Å². The van der Waals surface area contributed by atoms with Gasteiger partial charge in [-0.2, -0.15) is 0 Å². The number of carbonyl (C=O) groups excluding carboxylic acids is 1. The van der Waals surface area contributed by atoms with Crippen LogP contribution >= 0.6 is 0 Å². The van der Waals surface area contributed by atoms with Gasteiger partial charge < -0.3 is 15.2 Å². The molecule has 9 heteroatoms. The minimum absolute atomic E-state index is 0.115. The molecule has 0 aromatic carbocycles. The Labute approximate surface area is 190 Å². The van der Waals surface area contributed by atoms with Crippen molar-refractivity contribution < 1.29 is 4.79 Å². The number of pyridine rings is 2. The van der Waals surface area contributed by atoms with Crippen molar-refractivity contribution in [1.29, 1.82) is 0 Å². The summed E-state index contributed by atoms with van der Waals surface area (Å²) in [7, 11) is 0. The number of carbonyl (C=O) groups is 1. The molecule has 0 aliphatic carbocycles. The van der Waals surface area contributed by atoms with Crippen LogP contribution in [0.1, 0.15) is 17.0 Å². The van der Waals surface area contributed by atoms with Gasteiger partial charge in [0.25, 0.3) is 0 Å². The predicted octanol–water partition coefficient (Wildman–Crippen LogP) is 3.12. The summed E-state index contributed by atoms with van der Waals surface area (Å²) in [6.07, 6.45) is 8.64. The smallest absolute Gasteiger partial charge is 0.245 e. The lowest BCUT2D eigenvalue weighted by Gasteiger charge is -2.10. The fourth-order valence-electron chi connectivity index (χ4n) is 3.80. The number of hydrogen-bond acceptors (Lipinski definition) is 7. The van der Waals surface area contributed by atoms with E-state index in [2.05, 4.69) is 35.6 Å². The van der Waals surface area contributed by atoms with Gasteiger partial charge in [0.15, 0.2) is 0 Å². The second-order valence-electron chi connectivity index (χ2n) is 7.75. The third-order valence-electron chi connectivity index (χ3n) is 5.37. The molecule has 33 heavy (non-hydrogen) atoms. The van der Waals surface area contributed by atoms with E-state index < -0.39 is 0 Å². The summed E-state index contributed by atoms with van der Waals surface area (Å²) in [5.74, 6) is 0.293. The predicted molar refractivity (Wildman–Crippen MR) is 128 cm³/mol. The van der Waals surface area contributed by atoms with Crippen molar-refractivity contribution in [1.82, 2.24) is 29.8 Å². The van der Waals surface area contributed by atoms with Crippen LogP contribution in [0, 0.1) is 13.8 Å². The van der Waals surface area contributed by atoms with Crippen LogP contribution in [-0.2, 0) is 11.3 Å². The van der Waals surface area contributed by atoms with Gasteiger partial charge in [-0.15, -0.1) is 0 Å². The molecular weight excluding hydrogens is 416 g/mol. The van der Waals surface area contributed by atoms with Gasteiger partial charge in [-0.1, -0.05) is 0 Å². The number of rotatable bonds is 5. The highest BCUT2D eigenvalue weighted by molar-refractivity contribution is 5.94. The van der Waals surface area contributed by atoms with E-state index in [0.29, 0.717) is 18.0 Å². The Balaban J connectivity index is 1.36. The molecule has 1 aliphatic rings. The van der Waals surface area contributed by atoms with E-state index in [4.69, 9.17) is 0 Å². The molecule has 4 aromatic rings. The van der Waals surface area contributed by atoms with E-state index in [0.717, 1.165) is 39.3 Å². The van der Waals surface area contributed by atoms with Gasteiger partial charge in [0.05, 0.1) is 11.4 Å². The molecule has 4 aromatic heterocycles. The Morgan fingerprint density at radius 2 is 2.00 bits per heavy atom. The highest BCUT2D eigenvalue weighted by Crippen LogP contribution is 2.28. The van der Waals surface area contributed by atoms with Crippen LogP contribution in [0.25, 0.3) is 28.0 Å². The number of aromatic nitrogens is 5. The van der Waals surface area contributed by atoms with E-state index in [9.17, 15) is 4.79 Å². The summed E-state index contributed by atoms with van der Waals surface area (Å²) >= 11 is 0. The molecule has 0 spiro atoms. The Hall–Kier alpha value is -4.40. The van der Waals surface area contributed by atoms with Crippen molar-refractivity contribution >= 4 is 34.7 Å². The molecule has 0 saturated carbocycles. The van der Waals surface area contributed by atoms with E-state index in [1.54, 1.807) is 24.7 Å².